The molecular weight excluding hydrogens is 390 g/mol. The summed E-state index contributed by atoms with van der Waals surface area (Å²) in [4.78, 5) is 29.2. The van der Waals surface area contributed by atoms with Crippen LogP contribution in [-0.2, 0) is 17.9 Å². The third-order valence-corrected chi connectivity index (χ3v) is 5.97. The van der Waals surface area contributed by atoms with Gasteiger partial charge in [-0.2, -0.15) is 0 Å². The Labute approximate surface area is 186 Å². The average molecular weight is 428 g/mol. The lowest BCUT2D eigenvalue weighted by molar-refractivity contribution is -0.132. The van der Waals surface area contributed by atoms with E-state index in [4.69, 9.17) is 4.42 Å². The predicted molar refractivity (Wildman–Crippen MR) is 122 cm³/mol. The summed E-state index contributed by atoms with van der Waals surface area (Å²) < 4.78 is 8.01. The molecule has 1 fully saturated rings. The van der Waals surface area contributed by atoms with Crippen LogP contribution in [0.25, 0.3) is 0 Å². The first-order chi connectivity index (χ1) is 14.9. The minimum Gasteiger partial charge on any atom is -0.454 e. The standard InChI is InChI=1S/C25H37N3O3/c1-5-12-28(24(29)16-19(2)3)17-21-7-6-13-27(21)18-22-8-9-23(31-22)25(30)26-14-10-20(4)11-15-26/h6-9,13,19-20H,5,10-12,14-18H2,1-4H3. The van der Waals surface area contributed by atoms with E-state index in [2.05, 4.69) is 38.3 Å². The molecule has 2 amide bonds. The summed E-state index contributed by atoms with van der Waals surface area (Å²) in [7, 11) is 0. The Balaban J connectivity index is 1.65. The molecule has 170 valence electrons. The molecule has 0 N–H and O–H groups in total. The number of piperidine rings is 1. The zero-order valence-electron chi connectivity index (χ0n) is 19.5. The second kappa shape index (κ2) is 10.7. The van der Waals surface area contributed by atoms with Crippen LogP contribution in [0.15, 0.2) is 34.9 Å². The second-order valence-corrected chi connectivity index (χ2v) is 9.28. The number of aromatic nitrogens is 1. The van der Waals surface area contributed by atoms with Crippen molar-refractivity contribution in [2.24, 2.45) is 11.8 Å². The van der Waals surface area contributed by atoms with Crippen LogP contribution >= 0.6 is 0 Å². The van der Waals surface area contributed by atoms with Gasteiger partial charge in [0, 0.05) is 37.9 Å². The molecule has 31 heavy (non-hydrogen) atoms. The second-order valence-electron chi connectivity index (χ2n) is 9.28. The van der Waals surface area contributed by atoms with E-state index in [1.54, 1.807) is 6.07 Å². The van der Waals surface area contributed by atoms with Crippen LogP contribution in [0.1, 0.15) is 75.4 Å². The van der Waals surface area contributed by atoms with E-state index in [-0.39, 0.29) is 11.8 Å². The Kier molecular flexibility index (Phi) is 7.99. The van der Waals surface area contributed by atoms with Gasteiger partial charge in [0.1, 0.15) is 5.76 Å². The Hall–Kier alpha value is -2.50. The van der Waals surface area contributed by atoms with Gasteiger partial charge in [-0.25, -0.2) is 0 Å². The smallest absolute Gasteiger partial charge is 0.289 e. The number of furan rings is 1. The Bertz CT molecular complexity index is 859. The van der Waals surface area contributed by atoms with E-state index < -0.39 is 0 Å². The molecule has 3 rings (SSSR count). The highest BCUT2D eigenvalue weighted by molar-refractivity contribution is 5.91. The molecule has 1 aliphatic heterocycles. The molecule has 0 aromatic carbocycles. The molecule has 0 saturated carbocycles. The molecular formula is C25H37N3O3. The number of amides is 2. The fraction of sp³-hybridized carbons (Fsp3) is 0.600. The number of carbonyl (C=O) groups excluding carboxylic acids is 2. The molecule has 6 heteroatoms. The number of hydrogen-bond donors (Lipinski definition) is 0. The highest BCUT2D eigenvalue weighted by atomic mass is 16.4. The summed E-state index contributed by atoms with van der Waals surface area (Å²) >= 11 is 0. The van der Waals surface area contributed by atoms with Crippen molar-refractivity contribution in [1.82, 2.24) is 14.4 Å². The minimum absolute atomic E-state index is 0.0146. The number of carbonyl (C=O) groups is 2. The van der Waals surface area contributed by atoms with Gasteiger partial charge in [-0.3, -0.25) is 9.59 Å². The third-order valence-electron chi connectivity index (χ3n) is 5.97. The zero-order valence-corrected chi connectivity index (χ0v) is 19.5. The van der Waals surface area contributed by atoms with Crippen LogP contribution in [0.4, 0.5) is 0 Å². The summed E-state index contributed by atoms with van der Waals surface area (Å²) in [5, 5.41) is 0. The van der Waals surface area contributed by atoms with Crippen molar-refractivity contribution in [2.75, 3.05) is 19.6 Å². The first-order valence-corrected chi connectivity index (χ1v) is 11.7. The van der Waals surface area contributed by atoms with Gasteiger partial charge in [-0.15, -0.1) is 0 Å². The molecule has 2 aromatic heterocycles. The molecule has 6 nitrogen and oxygen atoms in total. The van der Waals surface area contributed by atoms with Crippen LogP contribution in [0.2, 0.25) is 0 Å². The van der Waals surface area contributed by atoms with Crippen LogP contribution in [0.5, 0.6) is 0 Å². The lowest BCUT2D eigenvalue weighted by atomic mass is 9.99. The fourth-order valence-corrected chi connectivity index (χ4v) is 4.10. The van der Waals surface area contributed by atoms with Gasteiger partial charge in [-0.05, 0) is 55.4 Å². The first kappa shape index (κ1) is 23.2. The summed E-state index contributed by atoms with van der Waals surface area (Å²) in [6.07, 6.45) is 5.61. The van der Waals surface area contributed by atoms with E-state index >= 15 is 0 Å². The minimum atomic E-state index is -0.0146. The van der Waals surface area contributed by atoms with E-state index in [0.717, 1.165) is 50.4 Å². The average Bonchev–Trinajstić information content (AvgIpc) is 3.37. The molecule has 0 unspecified atom stereocenters. The van der Waals surface area contributed by atoms with Crippen molar-refractivity contribution < 1.29 is 14.0 Å². The van der Waals surface area contributed by atoms with Crippen LogP contribution < -0.4 is 0 Å². The molecule has 0 radical (unpaired) electrons. The van der Waals surface area contributed by atoms with E-state index in [9.17, 15) is 9.59 Å². The van der Waals surface area contributed by atoms with Crippen molar-refractivity contribution in [1.29, 1.82) is 0 Å². The van der Waals surface area contributed by atoms with Crippen molar-refractivity contribution in [3.63, 3.8) is 0 Å². The maximum Gasteiger partial charge on any atom is 0.289 e. The number of rotatable bonds is 9. The third kappa shape index (κ3) is 6.25. The van der Waals surface area contributed by atoms with Crippen molar-refractivity contribution in [3.05, 3.63) is 47.7 Å². The molecule has 0 bridgehead atoms. The lowest BCUT2D eigenvalue weighted by Crippen LogP contribution is -2.37. The predicted octanol–water partition coefficient (Wildman–Crippen LogP) is 4.79. The molecule has 0 spiro atoms. The van der Waals surface area contributed by atoms with E-state index in [0.29, 0.717) is 37.1 Å². The van der Waals surface area contributed by atoms with Crippen LogP contribution in [-0.4, -0.2) is 45.8 Å². The Morgan fingerprint density at radius 2 is 1.94 bits per heavy atom. The van der Waals surface area contributed by atoms with Gasteiger partial charge >= 0.3 is 0 Å². The van der Waals surface area contributed by atoms with Crippen LogP contribution in [0, 0.1) is 11.8 Å². The summed E-state index contributed by atoms with van der Waals surface area (Å²) in [5.41, 5.74) is 1.07. The summed E-state index contributed by atoms with van der Waals surface area (Å²) in [6, 6.07) is 7.72. The van der Waals surface area contributed by atoms with Crippen molar-refractivity contribution >= 4 is 11.8 Å². The molecule has 0 atom stereocenters. The SMILES string of the molecule is CCCN(Cc1cccn1Cc1ccc(C(=O)N2CCC(C)CC2)o1)C(=O)CC(C)C. The Morgan fingerprint density at radius 3 is 2.61 bits per heavy atom. The maximum absolute atomic E-state index is 12.8. The molecule has 2 aromatic rings. The van der Waals surface area contributed by atoms with Gasteiger partial charge < -0.3 is 18.8 Å². The normalized spacial score (nSPS) is 14.9. The van der Waals surface area contributed by atoms with Crippen LogP contribution in [0.3, 0.4) is 0 Å². The monoisotopic (exact) mass is 427 g/mol. The highest BCUT2D eigenvalue weighted by Crippen LogP contribution is 2.20. The highest BCUT2D eigenvalue weighted by Gasteiger charge is 2.24. The lowest BCUT2D eigenvalue weighted by Gasteiger charge is -2.29. The largest absolute Gasteiger partial charge is 0.454 e. The fourth-order valence-electron chi connectivity index (χ4n) is 4.10. The number of hydrogen-bond acceptors (Lipinski definition) is 3. The molecule has 1 saturated heterocycles. The molecule has 1 aliphatic rings. The molecule has 3 heterocycles. The van der Waals surface area contributed by atoms with E-state index in [1.165, 1.54) is 0 Å². The molecule has 0 aliphatic carbocycles. The quantitative estimate of drug-likeness (QED) is 0.578. The summed E-state index contributed by atoms with van der Waals surface area (Å²) in [5.74, 6) is 2.38. The number of likely N-dealkylation sites (tertiary alicyclic amines) is 1. The van der Waals surface area contributed by atoms with Gasteiger partial charge in [0.25, 0.3) is 5.91 Å². The van der Waals surface area contributed by atoms with Gasteiger partial charge in [-0.1, -0.05) is 27.7 Å². The Morgan fingerprint density at radius 1 is 1.19 bits per heavy atom. The van der Waals surface area contributed by atoms with Gasteiger partial charge in [0.05, 0.1) is 13.1 Å². The summed E-state index contributed by atoms with van der Waals surface area (Å²) in [6.45, 7) is 12.0. The van der Waals surface area contributed by atoms with Gasteiger partial charge in [0.15, 0.2) is 5.76 Å². The van der Waals surface area contributed by atoms with Gasteiger partial charge in [0.2, 0.25) is 5.91 Å². The number of nitrogens with zero attached hydrogens (tertiary/aromatic N) is 3. The van der Waals surface area contributed by atoms with E-state index in [1.807, 2.05) is 28.1 Å². The van der Waals surface area contributed by atoms with Crippen molar-refractivity contribution in [2.45, 2.75) is 66.5 Å². The topological polar surface area (TPSA) is 58.7 Å². The maximum atomic E-state index is 12.8. The van der Waals surface area contributed by atoms with Crippen molar-refractivity contribution in [3.8, 4) is 0 Å². The first-order valence-electron chi connectivity index (χ1n) is 11.7. The zero-order chi connectivity index (χ0) is 22.4.